The maximum Gasteiger partial charge on any atom is 0.272 e. The molecule has 1 unspecified atom stereocenters. The van der Waals surface area contributed by atoms with Gasteiger partial charge in [-0.15, -0.1) is 0 Å². The third-order valence-electron chi connectivity index (χ3n) is 5.37. The van der Waals surface area contributed by atoms with Gasteiger partial charge in [0.05, 0.1) is 0 Å². The van der Waals surface area contributed by atoms with E-state index >= 15 is 0 Å². The summed E-state index contributed by atoms with van der Waals surface area (Å²) in [7, 11) is 0. The lowest BCUT2D eigenvalue weighted by Crippen LogP contribution is -2.48. The average Bonchev–Trinajstić information content (AvgIpc) is 3.12. The predicted molar refractivity (Wildman–Crippen MR) is 110 cm³/mol. The van der Waals surface area contributed by atoms with Gasteiger partial charge in [-0.1, -0.05) is 30.3 Å². The lowest BCUT2D eigenvalue weighted by atomic mass is 10.0. The molecule has 28 heavy (non-hydrogen) atoms. The number of nitrogens with one attached hydrogen (secondary N) is 1. The Hall–Kier alpha value is -2.73. The second-order valence-electron chi connectivity index (χ2n) is 7.69. The van der Waals surface area contributed by atoms with Crippen LogP contribution in [-0.4, -0.2) is 51.1 Å². The Bertz CT molecular complexity index is 966. The number of benzene rings is 1. The van der Waals surface area contributed by atoms with Gasteiger partial charge in [0.2, 0.25) is 0 Å². The van der Waals surface area contributed by atoms with Crippen LogP contribution in [-0.2, 0) is 6.42 Å². The van der Waals surface area contributed by atoms with Gasteiger partial charge in [-0.3, -0.25) is 4.79 Å². The van der Waals surface area contributed by atoms with Gasteiger partial charge < -0.3 is 10.2 Å². The van der Waals surface area contributed by atoms with Gasteiger partial charge in [0.25, 0.3) is 5.91 Å². The molecule has 0 saturated carbocycles. The van der Waals surface area contributed by atoms with E-state index in [1.54, 1.807) is 10.6 Å². The van der Waals surface area contributed by atoms with E-state index in [0.717, 1.165) is 55.9 Å². The Balaban J connectivity index is 1.37. The average molecular weight is 377 g/mol. The summed E-state index contributed by atoms with van der Waals surface area (Å²) in [4.78, 5) is 19.6. The van der Waals surface area contributed by atoms with Crippen molar-refractivity contribution >= 4 is 11.6 Å². The van der Waals surface area contributed by atoms with Crippen molar-refractivity contribution in [3.63, 3.8) is 0 Å². The van der Waals surface area contributed by atoms with Crippen LogP contribution in [0.5, 0.6) is 0 Å². The molecule has 1 aliphatic rings. The highest BCUT2D eigenvalue weighted by Gasteiger charge is 2.23. The summed E-state index contributed by atoms with van der Waals surface area (Å²) in [5, 5.41) is 7.62. The van der Waals surface area contributed by atoms with Crippen LogP contribution >= 0.6 is 0 Å². The van der Waals surface area contributed by atoms with E-state index < -0.39 is 0 Å². The standard InChI is InChI=1S/C22H27N5O/c1-16-13-17(2)27-21(23-16)14-20(25-27)22(28)24-19-9-6-11-26(15-19)12-10-18-7-4-3-5-8-18/h3-5,7-8,13-14,19H,6,9-12,15H2,1-2H3,(H,24,28). The molecule has 0 aliphatic carbocycles. The fourth-order valence-corrected chi connectivity index (χ4v) is 3.97. The van der Waals surface area contributed by atoms with Crippen LogP contribution in [0.25, 0.3) is 5.65 Å². The van der Waals surface area contributed by atoms with Crippen molar-refractivity contribution in [3.05, 3.63) is 65.1 Å². The Kier molecular flexibility index (Phi) is 5.39. The van der Waals surface area contributed by atoms with Crippen molar-refractivity contribution in [3.8, 4) is 0 Å². The molecule has 1 saturated heterocycles. The van der Waals surface area contributed by atoms with Gasteiger partial charge in [0.15, 0.2) is 11.3 Å². The Labute approximate surface area is 165 Å². The number of carbonyl (C=O) groups is 1. The first-order valence-corrected chi connectivity index (χ1v) is 9.99. The van der Waals surface area contributed by atoms with E-state index in [1.807, 2.05) is 26.0 Å². The van der Waals surface area contributed by atoms with Crippen molar-refractivity contribution in [2.75, 3.05) is 19.6 Å². The van der Waals surface area contributed by atoms with Gasteiger partial charge in [-0.2, -0.15) is 5.10 Å². The van der Waals surface area contributed by atoms with Gasteiger partial charge in [-0.25, -0.2) is 9.50 Å². The van der Waals surface area contributed by atoms with Gasteiger partial charge in [0, 0.05) is 36.6 Å². The third kappa shape index (κ3) is 4.22. The summed E-state index contributed by atoms with van der Waals surface area (Å²) < 4.78 is 1.73. The Morgan fingerprint density at radius 2 is 2.04 bits per heavy atom. The van der Waals surface area contributed by atoms with Crippen LogP contribution in [0.3, 0.4) is 0 Å². The van der Waals surface area contributed by atoms with Gasteiger partial charge in [0.1, 0.15) is 0 Å². The number of fused-ring (bicyclic) bond motifs is 1. The SMILES string of the molecule is Cc1cc(C)n2nc(C(=O)NC3CCCN(CCc4ccccc4)C3)cc2n1. The van der Waals surface area contributed by atoms with Crippen LogP contribution in [0.15, 0.2) is 42.5 Å². The number of hydrogen-bond donors (Lipinski definition) is 1. The number of piperidine rings is 1. The molecule has 6 heteroatoms. The summed E-state index contributed by atoms with van der Waals surface area (Å²) in [5.74, 6) is -0.113. The van der Waals surface area contributed by atoms with Crippen LogP contribution in [0.2, 0.25) is 0 Å². The first kappa shape index (κ1) is 18.6. The Morgan fingerprint density at radius 3 is 2.86 bits per heavy atom. The summed E-state index contributed by atoms with van der Waals surface area (Å²) in [5.41, 5.74) is 4.42. The number of nitrogens with zero attached hydrogens (tertiary/aromatic N) is 4. The van der Waals surface area contributed by atoms with Crippen LogP contribution in [0.4, 0.5) is 0 Å². The monoisotopic (exact) mass is 377 g/mol. The molecule has 1 fully saturated rings. The highest BCUT2D eigenvalue weighted by molar-refractivity contribution is 5.93. The zero-order valence-corrected chi connectivity index (χ0v) is 16.6. The molecule has 1 N–H and O–H groups in total. The number of likely N-dealkylation sites (tertiary alicyclic amines) is 1. The number of aromatic nitrogens is 3. The number of rotatable bonds is 5. The minimum Gasteiger partial charge on any atom is -0.347 e. The molecular weight excluding hydrogens is 350 g/mol. The van der Waals surface area contributed by atoms with E-state index in [2.05, 4.69) is 44.6 Å². The lowest BCUT2D eigenvalue weighted by Gasteiger charge is -2.33. The predicted octanol–water partition coefficient (Wildman–Crippen LogP) is 2.78. The smallest absolute Gasteiger partial charge is 0.272 e. The topological polar surface area (TPSA) is 62.5 Å². The summed E-state index contributed by atoms with van der Waals surface area (Å²) in [6.07, 6.45) is 3.15. The molecule has 6 nitrogen and oxygen atoms in total. The molecule has 1 amide bonds. The van der Waals surface area contributed by atoms with Crippen molar-refractivity contribution in [1.29, 1.82) is 0 Å². The van der Waals surface area contributed by atoms with Crippen molar-refractivity contribution < 1.29 is 4.79 Å². The zero-order valence-electron chi connectivity index (χ0n) is 16.6. The first-order valence-electron chi connectivity index (χ1n) is 9.99. The second-order valence-corrected chi connectivity index (χ2v) is 7.69. The summed E-state index contributed by atoms with van der Waals surface area (Å²) in [6, 6.07) is 14.5. The number of aryl methyl sites for hydroxylation is 2. The van der Waals surface area contributed by atoms with Crippen molar-refractivity contribution in [2.24, 2.45) is 0 Å². The molecule has 2 aromatic heterocycles. The number of amides is 1. The van der Waals surface area contributed by atoms with Crippen LogP contribution in [0.1, 0.15) is 40.3 Å². The molecule has 1 aromatic carbocycles. The zero-order chi connectivity index (χ0) is 19.5. The lowest BCUT2D eigenvalue weighted by molar-refractivity contribution is 0.0899. The van der Waals surface area contributed by atoms with E-state index in [4.69, 9.17) is 0 Å². The molecule has 1 aliphatic heterocycles. The minimum atomic E-state index is -0.113. The highest BCUT2D eigenvalue weighted by atomic mass is 16.2. The molecule has 146 valence electrons. The molecule has 1 atom stereocenters. The first-order chi connectivity index (χ1) is 13.6. The Morgan fingerprint density at radius 1 is 1.21 bits per heavy atom. The number of hydrogen-bond acceptors (Lipinski definition) is 4. The maximum atomic E-state index is 12.7. The molecule has 3 aromatic rings. The molecule has 0 spiro atoms. The van der Waals surface area contributed by atoms with Crippen molar-refractivity contribution in [2.45, 2.75) is 39.2 Å². The molecular formula is C22H27N5O. The third-order valence-corrected chi connectivity index (χ3v) is 5.37. The van der Waals surface area contributed by atoms with Crippen LogP contribution < -0.4 is 5.32 Å². The van der Waals surface area contributed by atoms with E-state index in [-0.39, 0.29) is 11.9 Å². The molecule has 3 heterocycles. The largest absolute Gasteiger partial charge is 0.347 e. The van der Waals surface area contributed by atoms with E-state index in [0.29, 0.717) is 5.69 Å². The molecule has 0 bridgehead atoms. The highest BCUT2D eigenvalue weighted by Crippen LogP contribution is 2.13. The van der Waals surface area contributed by atoms with Crippen LogP contribution in [0, 0.1) is 13.8 Å². The summed E-state index contributed by atoms with van der Waals surface area (Å²) >= 11 is 0. The molecule has 0 radical (unpaired) electrons. The normalized spacial score (nSPS) is 17.7. The van der Waals surface area contributed by atoms with Crippen molar-refractivity contribution in [1.82, 2.24) is 24.8 Å². The quantitative estimate of drug-likeness (QED) is 0.743. The molecule has 4 rings (SSSR count). The van der Waals surface area contributed by atoms with Gasteiger partial charge >= 0.3 is 0 Å². The second kappa shape index (κ2) is 8.10. The fraction of sp³-hybridized carbons (Fsp3) is 0.409. The van der Waals surface area contributed by atoms with E-state index in [9.17, 15) is 4.79 Å². The van der Waals surface area contributed by atoms with E-state index in [1.165, 1.54) is 5.56 Å². The fourth-order valence-electron chi connectivity index (χ4n) is 3.97. The van der Waals surface area contributed by atoms with Gasteiger partial charge in [-0.05, 0) is 51.3 Å². The number of carbonyl (C=O) groups excluding carboxylic acids is 1. The maximum absolute atomic E-state index is 12.7. The minimum absolute atomic E-state index is 0.113. The summed E-state index contributed by atoms with van der Waals surface area (Å²) in [6.45, 7) is 6.93.